The van der Waals surface area contributed by atoms with Crippen molar-refractivity contribution in [3.05, 3.63) is 30.1 Å². The van der Waals surface area contributed by atoms with Gasteiger partial charge >= 0.3 is 0 Å². The number of aliphatic hydroxyl groups excluding tert-OH is 1. The van der Waals surface area contributed by atoms with Gasteiger partial charge in [0.2, 0.25) is 0 Å². The molecule has 27 heavy (non-hydrogen) atoms. The van der Waals surface area contributed by atoms with Crippen LogP contribution in [0.25, 0.3) is 0 Å². The maximum absolute atomic E-state index is 9.53. The fraction of sp³-hybridized carbons (Fsp3) is 0.773. The average molecular weight is 375 g/mol. The highest BCUT2D eigenvalue weighted by Gasteiger charge is 2.32. The lowest BCUT2D eigenvalue weighted by Gasteiger charge is -2.46. The zero-order valence-electron chi connectivity index (χ0n) is 17.3. The van der Waals surface area contributed by atoms with E-state index in [4.69, 9.17) is 0 Å². The van der Waals surface area contributed by atoms with E-state index in [9.17, 15) is 5.11 Å². The van der Waals surface area contributed by atoms with E-state index in [2.05, 4.69) is 45.7 Å². The molecule has 0 radical (unpaired) electrons. The monoisotopic (exact) mass is 374 g/mol. The molecule has 0 aromatic carbocycles. The van der Waals surface area contributed by atoms with Gasteiger partial charge in [-0.1, -0.05) is 19.9 Å². The van der Waals surface area contributed by atoms with Crippen LogP contribution in [0, 0.1) is 5.92 Å². The van der Waals surface area contributed by atoms with Crippen molar-refractivity contribution in [1.29, 1.82) is 0 Å². The van der Waals surface area contributed by atoms with Crippen LogP contribution in [0.3, 0.4) is 0 Å². The number of aromatic nitrogens is 1. The molecular weight excluding hydrogens is 336 g/mol. The Hall–Kier alpha value is -1.01. The highest BCUT2D eigenvalue weighted by molar-refractivity contribution is 5.03. The van der Waals surface area contributed by atoms with Gasteiger partial charge in [0.15, 0.2) is 0 Å². The zero-order chi connectivity index (χ0) is 19.1. The van der Waals surface area contributed by atoms with Crippen molar-refractivity contribution in [2.45, 2.75) is 58.2 Å². The second kappa shape index (κ2) is 10.5. The summed E-state index contributed by atoms with van der Waals surface area (Å²) in [4.78, 5) is 12.4. The number of nitrogens with zero attached hydrogens (tertiary/aromatic N) is 4. The van der Waals surface area contributed by atoms with Crippen LogP contribution in [0.1, 0.15) is 45.2 Å². The van der Waals surface area contributed by atoms with E-state index in [-0.39, 0.29) is 0 Å². The Balaban J connectivity index is 1.46. The summed E-state index contributed by atoms with van der Waals surface area (Å²) in [5, 5.41) is 9.53. The summed E-state index contributed by atoms with van der Waals surface area (Å²) >= 11 is 0. The largest absolute Gasteiger partial charge is 0.396 e. The molecule has 3 heterocycles. The predicted octanol–water partition coefficient (Wildman–Crippen LogP) is 2.46. The number of likely N-dealkylation sites (tertiary alicyclic amines) is 1. The van der Waals surface area contributed by atoms with Crippen LogP contribution in [0.4, 0.5) is 0 Å². The molecule has 1 aromatic rings. The second-order valence-electron chi connectivity index (χ2n) is 8.71. The van der Waals surface area contributed by atoms with E-state index in [1.807, 2.05) is 12.3 Å². The number of piperidine rings is 1. The van der Waals surface area contributed by atoms with Crippen LogP contribution in [-0.4, -0.2) is 82.7 Å². The molecule has 2 saturated heterocycles. The van der Waals surface area contributed by atoms with Gasteiger partial charge in [-0.25, -0.2) is 0 Å². The maximum Gasteiger partial charge on any atom is 0.0543 e. The lowest BCUT2D eigenvalue weighted by molar-refractivity contribution is 0.0142. The van der Waals surface area contributed by atoms with Gasteiger partial charge < -0.3 is 5.11 Å². The van der Waals surface area contributed by atoms with E-state index < -0.39 is 0 Å². The van der Waals surface area contributed by atoms with E-state index in [0.29, 0.717) is 18.7 Å². The Morgan fingerprint density at radius 3 is 2.63 bits per heavy atom. The standard InChI is InChI=1S/C22H38N4O/c1-19(2)6-13-25-14-15-26(18-22(25)9-16-27)21-7-11-24(12-8-21)17-20-5-3-4-10-23-20/h3-5,10,19,21-22,27H,6-9,11-18H2,1-2H3/t22-/m0/s1. The van der Waals surface area contributed by atoms with Crippen molar-refractivity contribution >= 4 is 0 Å². The molecule has 2 aliphatic rings. The number of piperazine rings is 1. The van der Waals surface area contributed by atoms with Crippen molar-refractivity contribution in [2.75, 3.05) is 45.9 Å². The molecule has 0 aliphatic carbocycles. The smallest absolute Gasteiger partial charge is 0.0543 e. The molecule has 5 heteroatoms. The molecule has 0 saturated carbocycles. The van der Waals surface area contributed by atoms with Crippen molar-refractivity contribution in [3.8, 4) is 0 Å². The summed E-state index contributed by atoms with van der Waals surface area (Å²) in [5.74, 6) is 0.751. The number of rotatable bonds is 8. The molecule has 2 aliphatic heterocycles. The molecular formula is C22H38N4O. The number of hydrogen-bond acceptors (Lipinski definition) is 5. The third kappa shape index (κ3) is 6.24. The maximum atomic E-state index is 9.53. The summed E-state index contributed by atoms with van der Waals surface area (Å²) in [6, 6.07) is 7.42. The molecule has 1 aromatic heterocycles. The van der Waals surface area contributed by atoms with Gasteiger partial charge in [0, 0.05) is 64.2 Å². The summed E-state index contributed by atoms with van der Waals surface area (Å²) in [5.41, 5.74) is 1.18. The van der Waals surface area contributed by atoms with Crippen LogP contribution in [0.5, 0.6) is 0 Å². The molecule has 0 unspecified atom stereocenters. The minimum absolute atomic E-state index is 0.305. The molecule has 2 fully saturated rings. The summed E-state index contributed by atoms with van der Waals surface area (Å²) in [6.45, 7) is 12.9. The fourth-order valence-electron chi connectivity index (χ4n) is 4.55. The highest BCUT2D eigenvalue weighted by atomic mass is 16.3. The summed E-state index contributed by atoms with van der Waals surface area (Å²) in [6.07, 6.45) is 6.57. The lowest BCUT2D eigenvalue weighted by Crippen LogP contribution is -2.57. The average Bonchev–Trinajstić information content (AvgIpc) is 2.68. The Labute approximate surface area is 165 Å². The Morgan fingerprint density at radius 1 is 1.15 bits per heavy atom. The number of pyridine rings is 1. The second-order valence-corrected chi connectivity index (χ2v) is 8.71. The number of aliphatic hydroxyl groups is 1. The minimum Gasteiger partial charge on any atom is -0.396 e. The van der Waals surface area contributed by atoms with Crippen molar-refractivity contribution in [3.63, 3.8) is 0 Å². The molecule has 3 rings (SSSR count). The van der Waals surface area contributed by atoms with Crippen molar-refractivity contribution in [2.24, 2.45) is 5.92 Å². The van der Waals surface area contributed by atoms with Crippen molar-refractivity contribution < 1.29 is 5.11 Å². The first-order valence-corrected chi connectivity index (χ1v) is 10.9. The minimum atomic E-state index is 0.305. The van der Waals surface area contributed by atoms with Gasteiger partial charge in [0.05, 0.1) is 5.69 Å². The molecule has 0 spiro atoms. The Kier molecular flexibility index (Phi) is 8.07. The first kappa shape index (κ1) is 20.7. The zero-order valence-corrected chi connectivity index (χ0v) is 17.3. The third-order valence-corrected chi connectivity index (χ3v) is 6.28. The van der Waals surface area contributed by atoms with E-state index in [0.717, 1.165) is 32.0 Å². The normalized spacial score (nSPS) is 23.9. The summed E-state index contributed by atoms with van der Waals surface area (Å²) in [7, 11) is 0. The fourth-order valence-corrected chi connectivity index (χ4v) is 4.55. The van der Waals surface area contributed by atoms with Gasteiger partial charge in [0.25, 0.3) is 0 Å². The molecule has 0 amide bonds. The molecule has 0 bridgehead atoms. The van der Waals surface area contributed by atoms with Crippen LogP contribution in [0.15, 0.2) is 24.4 Å². The van der Waals surface area contributed by atoms with Gasteiger partial charge in [-0.15, -0.1) is 0 Å². The van der Waals surface area contributed by atoms with E-state index >= 15 is 0 Å². The first-order chi connectivity index (χ1) is 13.2. The topological polar surface area (TPSA) is 42.8 Å². The van der Waals surface area contributed by atoms with Gasteiger partial charge in [0.1, 0.15) is 0 Å². The highest BCUT2D eigenvalue weighted by Crippen LogP contribution is 2.23. The molecule has 152 valence electrons. The molecule has 1 N–H and O–H groups in total. The third-order valence-electron chi connectivity index (χ3n) is 6.28. The first-order valence-electron chi connectivity index (χ1n) is 10.9. The van der Waals surface area contributed by atoms with Crippen LogP contribution in [0.2, 0.25) is 0 Å². The quantitative estimate of drug-likeness (QED) is 0.757. The molecule has 1 atom stereocenters. The van der Waals surface area contributed by atoms with Crippen LogP contribution < -0.4 is 0 Å². The Morgan fingerprint density at radius 2 is 1.96 bits per heavy atom. The summed E-state index contributed by atoms with van der Waals surface area (Å²) < 4.78 is 0. The van der Waals surface area contributed by atoms with Gasteiger partial charge in [-0.05, 0) is 50.3 Å². The lowest BCUT2D eigenvalue weighted by atomic mass is 9.99. The van der Waals surface area contributed by atoms with E-state index in [1.165, 1.54) is 51.1 Å². The molecule has 5 nitrogen and oxygen atoms in total. The number of hydrogen-bond donors (Lipinski definition) is 1. The van der Waals surface area contributed by atoms with Gasteiger partial charge in [-0.2, -0.15) is 0 Å². The van der Waals surface area contributed by atoms with Gasteiger partial charge in [-0.3, -0.25) is 19.7 Å². The van der Waals surface area contributed by atoms with Crippen LogP contribution >= 0.6 is 0 Å². The SMILES string of the molecule is CC(C)CCN1CCN(C2CCN(Cc3ccccn3)CC2)C[C@@H]1CCO. The van der Waals surface area contributed by atoms with Crippen LogP contribution in [-0.2, 0) is 6.54 Å². The van der Waals surface area contributed by atoms with Crippen molar-refractivity contribution in [1.82, 2.24) is 19.7 Å². The Bertz CT molecular complexity index is 530. The van der Waals surface area contributed by atoms with E-state index in [1.54, 1.807) is 0 Å². The predicted molar refractivity (Wildman–Crippen MR) is 111 cm³/mol.